The molecule has 0 radical (unpaired) electrons. The molecule has 1 aliphatic heterocycles. The first-order chi connectivity index (χ1) is 44.4. The standard InChI is InChI=1S/C82H80FN4OS.Pt/c1-16-82(15,17-2)54-40-41-84-72(47-54)87-70-39-38-63-62-30-24-33-67(83)76(62)89-77(63)74(70)64-37-36-58(49-71(64)87)88-59-45-53(73-65(80(9,10)11)31-25-32-66(73)81(12,13)14)44-57(48-59)85-50-86(69-35-22-21-34-68(69)85)75-60(51-26-19-18-20-27-51)28-23-29-61(75)52-42-55(78(3,4)5)46-56(43-52)79(6,7)8;/h18-47,50H,16-17H2,1-15H3;/q-3;/i18D,19D,20D,26D,27D;. The van der Waals surface area contributed by atoms with E-state index in [1.807, 2.05) is 49.3 Å². The first kappa shape index (κ1) is 56.2. The number of nitrogens with zero attached hydrogens (tertiary/aromatic N) is 4. The smallest absolute Gasteiger partial charge is 0.141 e. The molecule has 0 unspecified atom stereocenters. The molecule has 3 aromatic heterocycles. The number of ether oxygens (including phenoxy) is 1. The van der Waals surface area contributed by atoms with Crippen LogP contribution in [-0.2, 0) is 48.1 Å². The summed E-state index contributed by atoms with van der Waals surface area (Å²) >= 11 is 1.47. The SMILES string of the molecule is [2H]c1c([2H])c([2H])c(-c2cccc(-c3cc(C(C)(C)C)cc(C(C)(C)C)c3)c2N2[CH-]N(c3[c-]c(Oc4[c-]c5c(cc4)c4c6sc7c(F)cccc7c6ccc4n5-c4cc(C(C)(CC)CC)ccn4)cc(-c4c(C(C)(C)C)cccc4C(C)(C)C)c3)c3ccccc32)c([2H])c1[2H].[Pt]. The average Bonchev–Trinajstić information content (AvgIpc) is 1.57. The molecule has 0 aliphatic carbocycles. The van der Waals surface area contributed by atoms with Crippen LogP contribution in [-0.4, -0.2) is 9.55 Å². The molecule has 0 bridgehead atoms. The molecule has 0 saturated heterocycles. The van der Waals surface area contributed by atoms with Gasteiger partial charge in [0.05, 0.1) is 11.6 Å². The third kappa shape index (κ3) is 11.1. The number of rotatable bonds is 11. The fraction of sp³-hybridized carbons (Fsp3) is 0.268. The summed E-state index contributed by atoms with van der Waals surface area (Å²) in [6, 6.07) is 55.4. The Hall–Kier alpha value is -7.83. The largest absolute Gasteiger partial charge is 0.509 e. The minimum atomic E-state index is -0.454. The van der Waals surface area contributed by atoms with Gasteiger partial charge in [-0.05, 0) is 126 Å². The minimum Gasteiger partial charge on any atom is -0.509 e. The Morgan fingerprint density at radius 3 is 1.81 bits per heavy atom. The summed E-state index contributed by atoms with van der Waals surface area (Å²) in [6.45, 7) is 35.6. The quantitative estimate of drug-likeness (QED) is 0.121. The van der Waals surface area contributed by atoms with Crippen molar-refractivity contribution in [2.75, 3.05) is 9.80 Å². The summed E-state index contributed by atoms with van der Waals surface area (Å²) in [5.74, 6) is 1.40. The van der Waals surface area contributed by atoms with Gasteiger partial charge in [-0.1, -0.05) is 225 Å². The zero-order valence-electron chi connectivity index (χ0n) is 59.2. The normalized spacial score (nSPS) is 14.0. The van der Waals surface area contributed by atoms with Crippen LogP contribution in [0, 0.1) is 24.6 Å². The van der Waals surface area contributed by atoms with Crippen LogP contribution in [0.2, 0.25) is 0 Å². The maximum atomic E-state index is 15.7. The molecule has 460 valence electrons. The monoisotopic (exact) mass is 1390 g/mol. The predicted octanol–water partition coefficient (Wildman–Crippen LogP) is 23.8. The Kier molecular flexibility index (Phi) is 14.4. The Labute approximate surface area is 557 Å². The molecule has 13 rings (SSSR count). The van der Waals surface area contributed by atoms with E-state index in [0.717, 1.165) is 101 Å². The molecule has 12 aromatic rings. The number of fused-ring (bicyclic) bond motifs is 8. The first-order valence-corrected chi connectivity index (χ1v) is 32.0. The van der Waals surface area contributed by atoms with Crippen LogP contribution >= 0.6 is 11.3 Å². The molecule has 0 spiro atoms. The molecule has 0 atom stereocenters. The summed E-state index contributed by atoms with van der Waals surface area (Å²) in [7, 11) is 0. The minimum absolute atomic E-state index is 0. The van der Waals surface area contributed by atoms with Crippen LogP contribution < -0.4 is 14.5 Å². The van der Waals surface area contributed by atoms with Gasteiger partial charge in [-0.2, -0.15) is 6.07 Å². The second-order valence-corrected chi connectivity index (χ2v) is 29.5. The summed E-state index contributed by atoms with van der Waals surface area (Å²) < 4.78 is 72.4. The first-order valence-electron chi connectivity index (χ1n) is 33.7. The zero-order chi connectivity index (χ0) is 67.0. The molecule has 90 heavy (non-hydrogen) atoms. The topological polar surface area (TPSA) is 33.5 Å². The van der Waals surface area contributed by atoms with Crippen LogP contribution in [0.5, 0.6) is 11.5 Å². The van der Waals surface area contributed by atoms with Gasteiger partial charge in [0.1, 0.15) is 11.6 Å². The number of pyridine rings is 1. The van der Waals surface area contributed by atoms with Crippen molar-refractivity contribution in [3.8, 4) is 50.7 Å². The number of halogens is 1. The van der Waals surface area contributed by atoms with Crippen molar-refractivity contribution in [2.45, 2.75) is 144 Å². The average molecular weight is 1390 g/mol. The van der Waals surface area contributed by atoms with E-state index >= 15 is 4.39 Å². The van der Waals surface area contributed by atoms with E-state index in [2.05, 4.69) is 227 Å². The van der Waals surface area contributed by atoms with E-state index in [4.69, 9.17) is 13.8 Å². The third-order valence-corrected chi connectivity index (χ3v) is 19.6. The van der Waals surface area contributed by atoms with Gasteiger partial charge in [0, 0.05) is 87.9 Å². The molecule has 0 fully saturated rings. The number of benzene rings is 9. The number of hydrogen-bond acceptors (Lipinski definition) is 5. The molecule has 8 heteroatoms. The van der Waals surface area contributed by atoms with Crippen molar-refractivity contribution < 1.29 is 37.0 Å². The fourth-order valence-corrected chi connectivity index (χ4v) is 14.2. The Bertz CT molecular complexity index is 4960. The zero-order valence-corrected chi connectivity index (χ0v) is 57.3. The molecule has 0 saturated carbocycles. The maximum absolute atomic E-state index is 15.7. The Morgan fingerprint density at radius 2 is 1.17 bits per heavy atom. The van der Waals surface area contributed by atoms with Gasteiger partial charge in [-0.15, -0.1) is 65.0 Å². The molecule has 1 aliphatic rings. The van der Waals surface area contributed by atoms with Crippen LogP contribution in [0.4, 0.5) is 27.1 Å². The van der Waals surface area contributed by atoms with Crippen molar-refractivity contribution in [1.82, 2.24) is 9.55 Å². The predicted molar refractivity (Wildman–Crippen MR) is 376 cm³/mol. The van der Waals surface area contributed by atoms with Gasteiger partial charge in [-0.25, -0.2) is 9.37 Å². The second-order valence-electron chi connectivity index (χ2n) is 28.4. The number of para-hydroxylation sites is 3. The molecule has 5 nitrogen and oxygen atoms in total. The van der Waals surface area contributed by atoms with E-state index in [-0.39, 0.29) is 71.6 Å². The molecule has 9 aromatic carbocycles. The summed E-state index contributed by atoms with van der Waals surface area (Å²) in [4.78, 5) is 9.33. The van der Waals surface area contributed by atoms with Crippen molar-refractivity contribution in [1.29, 1.82) is 0 Å². The van der Waals surface area contributed by atoms with E-state index in [0.29, 0.717) is 33.1 Å². The van der Waals surface area contributed by atoms with E-state index in [1.54, 1.807) is 6.07 Å². The van der Waals surface area contributed by atoms with Gasteiger partial charge in [-0.3, -0.25) is 0 Å². The molecule has 4 heterocycles. The fourth-order valence-electron chi connectivity index (χ4n) is 12.9. The van der Waals surface area contributed by atoms with Gasteiger partial charge in [0.25, 0.3) is 0 Å². The van der Waals surface area contributed by atoms with Gasteiger partial charge >= 0.3 is 0 Å². The summed E-state index contributed by atoms with van der Waals surface area (Å²) in [5, 5.41) is 3.78. The second kappa shape index (κ2) is 23.1. The number of hydrogen-bond donors (Lipinski definition) is 0. The number of anilines is 4. The van der Waals surface area contributed by atoms with Crippen molar-refractivity contribution in [3.05, 3.63) is 234 Å². The Balaban J connectivity index is 0.00000864. The molecular formula is C82H80FN4OPtS-3. The number of thiophene rings is 1. The van der Waals surface area contributed by atoms with E-state index < -0.39 is 18.1 Å². The van der Waals surface area contributed by atoms with Crippen LogP contribution in [0.1, 0.15) is 151 Å². The third-order valence-electron chi connectivity index (χ3n) is 18.4. The van der Waals surface area contributed by atoms with Gasteiger partial charge in [0.2, 0.25) is 0 Å². The summed E-state index contributed by atoms with van der Waals surface area (Å²) in [5.41, 5.74) is 13.7. The van der Waals surface area contributed by atoms with Crippen LogP contribution in [0.3, 0.4) is 0 Å². The van der Waals surface area contributed by atoms with Crippen LogP contribution in [0.25, 0.3) is 81.2 Å². The van der Waals surface area contributed by atoms with Crippen molar-refractivity contribution in [2.24, 2.45) is 0 Å². The van der Waals surface area contributed by atoms with E-state index in [1.165, 1.54) is 34.1 Å². The van der Waals surface area contributed by atoms with Crippen molar-refractivity contribution >= 4 is 76.1 Å². The van der Waals surface area contributed by atoms with Crippen molar-refractivity contribution in [3.63, 3.8) is 0 Å². The molecule has 0 N–H and O–H groups in total. The van der Waals surface area contributed by atoms with Crippen LogP contribution in [0.15, 0.2) is 182 Å². The molecular weight excluding hydrogens is 1300 g/mol. The number of aromatic nitrogens is 2. The maximum Gasteiger partial charge on any atom is 0.141 e. The Morgan fingerprint density at radius 1 is 0.556 bits per heavy atom. The van der Waals surface area contributed by atoms with Gasteiger partial charge in [0.15, 0.2) is 0 Å². The molecule has 0 amide bonds. The van der Waals surface area contributed by atoms with E-state index in [9.17, 15) is 2.74 Å². The summed E-state index contributed by atoms with van der Waals surface area (Å²) in [6.07, 6.45) is 3.81. The van der Waals surface area contributed by atoms with Gasteiger partial charge < -0.3 is 19.1 Å².